The van der Waals surface area contributed by atoms with Crippen molar-refractivity contribution < 1.29 is 24.4 Å². The maximum Gasteiger partial charge on any atom is 0.128 e. The molecule has 2 heterocycles. The zero-order valence-electron chi connectivity index (χ0n) is 13.2. The first kappa shape index (κ1) is 15.2. The van der Waals surface area contributed by atoms with E-state index in [4.69, 9.17) is 14.2 Å². The molecule has 23 heavy (non-hydrogen) atoms. The fourth-order valence-electron chi connectivity index (χ4n) is 3.64. The van der Waals surface area contributed by atoms with Crippen molar-refractivity contribution in [1.29, 1.82) is 0 Å². The van der Waals surface area contributed by atoms with Crippen molar-refractivity contribution >= 4 is 0 Å². The van der Waals surface area contributed by atoms with Gasteiger partial charge in [0.2, 0.25) is 0 Å². The summed E-state index contributed by atoms with van der Waals surface area (Å²) in [6, 6.07) is 3.45. The van der Waals surface area contributed by atoms with Crippen LogP contribution in [0.25, 0.3) is 0 Å². The highest BCUT2D eigenvalue weighted by Gasteiger charge is 2.39. The molecule has 3 fully saturated rings. The maximum absolute atomic E-state index is 10.8. The van der Waals surface area contributed by atoms with Gasteiger partial charge in [0.05, 0.1) is 19.8 Å². The van der Waals surface area contributed by atoms with E-state index in [1.54, 1.807) is 12.1 Å². The van der Waals surface area contributed by atoms with Crippen molar-refractivity contribution in [3.63, 3.8) is 0 Å². The van der Waals surface area contributed by atoms with E-state index < -0.39 is 0 Å². The molecule has 5 heteroatoms. The molecule has 0 aromatic heterocycles. The van der Waals surface area contributed by atoms with Gasteiger partial charge in [0.15, 0.2) is 0 Å². The monoisotopic (exact) mass is 320 g/mol. The van der Waals surface area contributed by atoms with Crippen LogP contribution in [-0.4, -0.2) is 42.2 Å². The van der Waals surface area contributed by atoms with Crippen molar-refractivity contribution in [2.45, 2.75) is 56.3 Å². The summed E-state index contributed by atoms with van der Waals surface area (Å²) in [6.07, 6.45) is 5.45. The number of hydrogen-bond acceptors (Lipinski definition) is 5. The van der Waals surface area contributed by atoms with Gasteiger partial charge in [-0.2, -0.15) is 0 Å². The lowest BCUT2D eigenvalue weighted by Crippen LogP contribution is -2.15. The summed E-state index contributed by atoms with van der Waals surface area (Å²) in [4.78, 5) is 0. The Morgan fingerprint density at radius 3 is 2.48 bits per heavy atom. The first-order chi connectivity index (χ1) is 11.2. The van der Waals surface area contributed by atoms with Gasteiger partial charge in [-0.25, -0.2) is 0 Å². The van der Waals surface area contributed by atoms with Crippen LogP contribution in [0.15, 0.2) is 12.1 Å². The highest BCUT2D eigenvalue weighted by atomic mass is 16.6. The second-order valence-electron chi connectivity index (χ2n) is 6.85. The average molecular weight is 320 g/mol. The van der Waals surface area contributed by atoms with Gasteiger partial charge in [0, 0.05) is 11.1 Å². The summed E-state index contributed by atoms with van der Waals surface area (Å²) in [5, 5.41) is 21.1. The Morgan fingerprint density at radius 2 is 1.83 bits per heavy atom. The van der Waals surface area contributed by atoms with Crippen molar-refractivity contribution in [3.8, 4) is 11.5 Å². The summed E-state index contributed by atoms with van der Waals surface area (Å²) < 4.78 is 16.6. The normalized spacial score (nSPS) is 28.5. The zero-order chi connectivity index (χ0) is 15.8. The number of hydrogen-bond donors (Lipinski definition) is 2. The summed E-state index contributed by atoms with van der Waals surface area (Å²) in [5.41, 5.74) is 1.42. The molecule has 0 amide bonds. The predicted octanol–water partition coefficient (Wildman–Crippen LogP) is 3.00. The van der Waals surface area contributed by atoms with Crippen LogP contribution in [-0.2, 0) is 14.2 Å². The van der Waals surface area contributed by atoms with Gasteiger partial charge in [-0.1, -0.05) is 19.3 Å². The number of rotatable bonds is 6. The first-order valence-electron chi connectivity index (χ1n) is 8.63. The molecule has 3 atom stereocenters. The molecule has 4 rings (SSSR count). The molecule has 1 aromatic carbocycles. The van der Waals surface area contributed by atoms with E-state index in [0.717, 1.165) is 37.9 Å². The van der Waals surface area contributed by atoms with Crippen LogP contribution in [0.1, 0.15) is 55.3 Å². The minimum absolute atomic E-state index is 0.0107. The number of aromatic hydroxyl groups is 2. The standard InChI is InChI=1S/C18H24O5/c19-14-7-6-13(17(20)16(14)11-4-2-1-3-5-11)18(15-10-22-15)23-9-12-8-21-12/h6-7,11-12,15,18-20H,1-5,8-10H2. The second-order valence-corrected chi connectivity index (χ2v) is 6.85. The highest BCUT2D eigenvalue weighted by molar-refractivity contribution is 5.52. The average Bonchev–Trinajstić information content (AvgIpc) is 3.45. The molecule has 2 saturated heterocycles. The number of ether oxygens (including phenoxy) is 3. The zero-order valence-corrected chi connectivity index (χ0v) is 13.2. The van der Waals surface area contributed by atoms with Gasteiger partial charge in [0.1, 0.15) is 29.8 Å². The first-order valence-corrected chi connectivity index (χ1v) is 8.63. The van der Waals surface area contributed by atoms with Crippen molar-refractivity contribution in [2.24, 2.45) is 0 Å². The molecular formula is C18H24O5. The molecule has 126 valence electrons. The Morgan fingerprint density at radius 1 is 1.09 bits per heavy atom. The summed E-state index contributed by atoms with van der Waals surface area (Å²) in [5.74, 6) is 0.615. The van der Waals surface area contributed by atoms with Crippen molar-refractivity contribution in [1.82, 2.24) is 0 Å². The molecule has 1 saturated carbocycles. The second kappa shape index (κ2) is 6.30. The van der Waals surface area contributed by atoms with E-state index in [1.807, 2.05) is 0 Å². The summed E-state index contributed by atoms with van der Waals surface area (Å²) >= 11 is 0. The number of epoxide rings is 2. The van der Waals surface area contributed by atoms with E-state index in [-0.39, 0.29) is 35.7 Å². The lowest BCUT2D eigenvalue weighted by molar-refractivity contribution is 0.0218. The molecule has 3 unspecified atom stereocenters. The molecule has 2 aliphatic heterocycles. The Bertz CT molecular complexity index is 559. The molecule has 5 nitrogen and oxygen atoms in total. The minimum Gasteiger partial charge on any atom is -0.508 e. The van der Waals surface area contributed by atoms with E-state index in [0.29, 0.717) is 18.8 Å². The third-order valence-corrected chi connectivity index (χ3v) is 5.11. The Labute approximate surface area is 136 Å². The lowest BCUT2D eigenvalue weighted by Gasteiger charge is -2.26. The Kier molecular flexibility index (Phi) is 4.18. The predicted molar refractivity (Wildman–Crippen MR) is 83.8 cm³/mol. The summed E-state index contributed by atoms with van der Waals surface area (Å²) in [6.45, 7) is 1.91. The number of phenolic OH excluding ortho intramolecular Hbond substituents is 2. The van der Waals surface area contributed by atoms with E-state index in [9.17, 15) is 10.2 Å². The maximum atomic E-state index is 10.8. The molecule has 1 aromatic rings. The van der Waals surface area contributed by atoms with Crippen LogP contribution >= 0.6 is 0 Å². The van der Waals surface area contributed by atoms with E-state index in [2.05, 4.69) is 0 Å². The van der Waals surface area contributed by atoms with Gasteiger partial charge in [-0.3, -0.25) is 0 Å². The molecule has 0 radical (unpaired) electrons. The van der Waals surface area contributed by atoms with Crippen LogP contribution in [0, 0.1) is 0 Å². The number of phenols is 2. The molecule has 3 aliphatic rings. The van der Waals surface area contributed by atoms with Gasteiger partial charge < -0.3 is 24.4 Å². The molecule has 0 spiro atoms. The van der Waals surface area contributed by atoms with Crippen LogP contribution in [0.5, 0.6) is 11.5 Å². The van der Waals surface area contributed by atoms with Crippen molar-refractivity contribution in [2.75, 3.05) is 19.8 Å². The molecule has 0 bridgehead atoms. The lowest BCUT2D eigenvalue weighted by atomic mass is 9.82. The fourth-order valence-corrected chi connectivity index (χ4v) is 3.64. The minimum atomic E-state index is -0.290. The van der Waals surface area contributed by atoms with Crippen molar-refractivity contribution in [3.05, 3.63) is 23.3 Å². The third kappa shape index (κ3) is 3.32. The largest absolute Gasteiger partial charge is 0.508 e. The quantitative estimate of drug-likeness (QED) is 0.788. The van der Waals surface area contributed by atoms with Gasteiger partial charge in [-0.15, -0.1) is 0 Å². The van der Waals surface area contributed by atoms with E-state index >= 15 is 0 Å². The number of benzene rings is 1. The highest BCUT2D eigenvalue weighted by Crippen LogP contribution is 2.46. The van der Waals surface area contributed by atoms with Gasteiger partial charge in [-0.05, 0) is 30.9 Å². The Balaban J connectivity index is 1.61. The smallest absolute Gasteiger partial charge is 0.128 e. The van der Waals surface area contributed by atoms with Gasteiger partial charge in [0.25, 0.3) is 0 Å². The van der Waals surface area contributed by atoms with Crippen LogP contribution < -0.4 is 0 Å². The molecule has 1 aliphatic carbocycles. The van der Waals surface area contributed by atoms with E-state index in [1.165, 1.54) is 6.42 Å². The topological polar surface area (TPSA) is 74.8 Å². The fraction of sp³-hybridized carbons (Fsp3) is 0.667. The van der Waals surface area contributed by atoms with Crippen LogP contribution in [0.4, 0.5) is 0 Å². The summed E-state index contributed by atoms with van der Waals surface area (Å²) in [7, 11) is 0. The van der Waals surface area contributed by atoms with Crippen LogP contribution in [0.3, 0.4) is 0 Å². The SMILES string of the molecule is Oc1ccc(C(OCC2CO2)C2CO2)c(O)c1C1CCCCC1. The van der Waals surface area contributed by atoms with Crippen LogP contribution in [0.2, 0.25) is 0 Å². The molecule has 2 N–H and O–H groups in total. The third-order valence-electron chi connectivity index (χ3n) is 5.11. The molecular weight excluding hydrogens is 296 g/mol. The van der Waals surface area contributed by atoms with Gasteiger partial charge >= 0.3 is 0 Å². The Hall–Kier alpha value is -1.30.